The molecule has 0 heterocycles. The number of methoxy groups -OCH3 is 1. The van der Waals surface area contributed by atoms with Gasteiger partial charge in [0.2, 0.25) is 0 Å². The third kappa shape index (κ3) is 6.74. The monoisotopic (exact) mass is 293 g/mol. The number of ether oxygens (including phenoxy) is 1. The standard InChI is InChI=1S/C17H27NO3/c1-13(2)11-12-18-15(9-10-16(19)21-3)17(20)14-7-5-4-6-8-14/h4-8,13,15,17-18,20H,9-12H2,1-3H3. The summed E-state index contributed by atoms with van der Waals surface area (Å²) in [6.07, 6.45) is 1.28. The van der Waals surface area contributed by atoms with E-state index in [2.05, 4.69) is 23.9 Å². The minimum atomic E-state index is -0.622. The highest BCUT2D eigenvalue weighted by Gasteiger charge is 2.21. The minimum Gasteiger partial charge on any atom is -0.469 e. The Morgan fingerprint density at radius 2 is 1.90 bits per heavy atom. The predicted molar refractivity (Wildman–Crippen MR) is 83.9 cm³/mol. The molecule has 0 fully saturated rings. The molecular formula is C17H27NO3. The molecule has 1 rings (SSSR count). The van der Waals surface area contributed by atoms with Gasteiger partial charge in [-0.25, -0.2) is 0 Å². The van der Waals surface area contributed by atoms with E-state index in [1.807, 2.05) is 30.3 Å². The molecule has 1 aromatic rings. The van der Waals surface area contributed by atoms with Gasteiger partial charge in [0.1, 0.15) is 0 Å². The summed E-state index contributed by atoms with van der Waals surface area (Å²) in [5.74, 6) is 0.360. The SMILES string of the molecule is COC(=O)CCC(NCCC(C)C)C(O)c1ccccc1. The Bertz CT molecular complexity index is 406. The average molecular weight is 293 g/mol. The average Bonchev–Trinajstić information content (AvgIpc) is 2.50. The van der Waals surface area contributed by atoms with Crippen molar-refractivity contribution in [3.05, 3.63) is 35.9 Å². The van der Waals surface area contributed by atoms with Crippen molar-refractivity contribution in [3.8, 4) is 0 Å². The van der Waals surface area contributed by atoms with E-state index in [1.54, 1.807) is 0 Å². The third-order valence-electron chi connectivity index (χ3n) is 3.54. The van der Waals surface area contributed by atoms with Crippen molar-refractivity contribution in [3.63, 3.8) is 0 Å². The van der Waals surface area contributed by atoms with E-state index in [4.69, 9.17) is 0 Å². The van der Waals surface area contributed by atoms with Gasteiger partial charge in [-0.3, -0.25) is 4.79 Å². The van der Waals surface area contributed by atoms with Crippen LogP contribution in [0.25, 0.3) is 0 Å². The van der Waals surface area contributed by atoms with Gasteiger partial charge in [0.15, 0.2) is 0 Å². The quantitative estimate of drug-likeness (QED) is 0.687. The molecule has 0 spiro atoms. The number of benzene rings is 1. The van der Waals surface area contributed by atoms with Gasteiger partial charge in [-0.2, -0.15) is 0 Å². The van der Waals surface area contributed by atoms with Crippen molar-refractivity contribution >= 4 is 5.97 Å². The summed E-state index contributed by atoms with van der Waals surface area (Å²) in [5.41, 5.74) is 0.865. The van der Waals surface area contributed by atoms with Crippen molar-refractivity contribution in [2.24, 2.45) is 5.92 Å². The Morgan fingerprint density at radius 1 is 1.24 bits per heavy atom. The van der Waals surface area contributed by atoms with Crippen LogP contribution >= 0.6 is 0 Å². The van der Waals surface area contributed by atoms with Gasteiger partial charge in [0.05, 0.1) is 13.2 Å². The highest BCUT2D eigenvalue weighted by atomic mass is 16.5. The zero-order chi connectivity index (χ0) is 15.7. The summed E-state index contributed by atoms with van der Waals surface area (Å²) < 4.78 is 4.68. The Hall–Kier alpha value is -1.39. The van der Waals surface area contributed by atoms with Gasteiger partial charge >= 0.3 is 5.97 Å². The van der Waals surface area contributed by atoms with Crippen LogP contribution < -0.4 is 5.32 Å². The molecular weight excluding hydrogens is 266 g/mol. The van der Waals surface area contributed by atoms with Gasteiger partial charge in [-0.05, 0) is 30.9 Å². The number of esters is 1. The molecule has 2 unspecified atom stereocenters. The molecule has 0 aromatic heterocycles. The minimum absolute atomic E-state index is 0.148. The molecule has 0 radical (unpaired) electrons. The number of nitrogens with one attached hydrogen (secondary N) is 1. The zero-order valence-corrected chi connectivity index (χ0v) is 13.2. The predicted octanol–water partition coefficient (Wildman–Crippen LogP) is 2.68. The first kappa shape index (κ1) is 17.7. The summed E-state index contributed by atoms with van der Waals surface area (Å²) in [4.78, 5) is 11.3. The summed E-state index contributed by atoms with van der Waals surface area (Å²) in [7, 11) is 1.39. The van der Waals surface area contributed by atoms with Crippen LogP contribution in [-0.4, -0.2) is 30.8 Å². The van der Waals surface area contributed by atoms with E-state index in [1.165, 1.54) is 7.11 Å². The van der Waals surface area contributed by atoms with Gasteiger partial charge in [-0.15, -0.1) is 0 Å². The first-order valence-electron chi connectivity index (χ1n) is 7.57. The smallest absolute Gasteiger partial charge is 0.305 e. The van der Waals surface area contributed by atoms with E-state index < -0.39 is 6.10 Å². The fourth-order valence-corrected chi connectivity index (χ4v) is 2.19. The largest absolute Gasteiger partial charge is 0.469 e. The highest BCUT2D eigenvalue weighted by Crippen LogP contribution is 2.20. The second-order valence-electron chi connectivity index (χ2n) is 5.71. The molecule has 2 N–H and O–H groups in total. The molecule has 4 nitrogen and oxygen atoms in total. The van der Waals surface area contributed by atoms with Crippen molar-refractivity contribution in [1.29, 1.82) is 0 Å². The van der Waals surface area contributed by atoms with E-state index >= 15 is 0 Å². The third-order valence-corrected chi connectivity index (χ3v) is 3.54. The summed E-state index contributed by atoms with van der Waals surface area (Å²) in [5, 5.41) is 13.9. The van der Waals surface area contributed by atoms with Gasteiger partial charge in [0, 0.05) is 12.5 Å². The Morgan fingerprint density at radius 3 is 2.48 bits per heavy atom. The van der Waals surface area contributed by atoms with Crippen molar-refractivity contribution in [1.82, 2.24) is 5.32 Å². The van der Waals surface area contributed by atoms with E-state index in [0.717, 1.165) is 18.5 Å². The fraction of sp³-hybridized carbons (Fsp3) is 0.588. The molecule has 0 aliphatic heterocycles. The van der Waals surface area contributed by atoms with E-state index in [-0.39, 0.29) is 12.0 Å². The molecule has 1 aromatic carbocycles. The maximum Gasteiger partial charge on any atom is 0.305 e. The normalized spacial score (nSPS) is 14.0. The van der Waals surface area contributed by atoms with Crippen LogP contribution in [-0.2, 0) is 9.53 Å². The van der Waals surface area contributed by atoms with Gasteiger partial charge < -0.3 is 15.2 Å². The topological polar surface area (TPSA) is 58.6 Å². The number of hydrogen-bond donors (Lipinski definition) is 2. The molecule has 0 bridgehead atoms. The summed E-state index contributed by atoms with van der Waals surface area (Å²) >= 11 is 0. The maximum absolute atomic E-state index is 11.3. The van der Waals surface area contributed by atoms with Crippen LogP contribution in [0.15, 0.2) is 30.3 Å². The second kappa shape index (κ2) is 9.53. The number of rotatable bonds is 9. The summed E-state index contributed by atoms with van der Waals surface area (Å²) in [6, 6.07) is 9.39. The van der Waals surface area contributed by atoms with Crippen LogP contribution in [0.1, 0.15) is 44.8 Å². The van der Waals surface area contributed by atoms with Crippen molar-refractivity contribution < 1.29 is 14.6 Å². The Balaban J connectivity index is 2.63. The number of aliphatic hydroxyl groups excluding tert-OH is 1. The lowest BCUT2D eigenvalue weighted by Crippen LogP contribution is -2.36. The Labute approximate surface area is 127 Å². The number of carbonyl (C=O) groups excluding carboxylic acids is 1. The highest BCUT2D eigenvalue weighted by molar-refractivity contribution is 5.69. The van der Waals surface area contributed by atoms with Crippen LogP contribution in [0, 0.1) is 5.92 Å². The van der Waals surface area contributed by atoms with Crippen LogP contribution in [0.2, 0.25) is 0 Å². The molecule has 0 aliphatic carbocycles. The molecule has 118 valence electrons. The molecule has 0 saturated carbocycles. The Kier molecular flexibility index (Phi) is 8.01. The first-order chi connectivity index (χ1) is 10.0. The molecule has 0 aliphatic rings. The zero-order valence-electron chi connectivity index (χ0n) is 13.2. The molecule has 0 amide bonds. The second-order valence-corrected chi connectivity index (χ2v) is 5.71. The number of carbonyl (C=O) groups is 1. The molecule has 21 heavy (non-hydrogen) atoms. The fourth-order valence-electron chi connectivity index (χ4n) is 2.19. The molecule has 2 atom stereocenters. The van der Waals surface area contributed by atoms with Crippen LogP contribution in [0.5, 0.6) is 0 Å². The lowest BCUT2D eigenvalue weighted by molar-refractivity contribution is -0.141. The van der Waals surface area contributed by atoms with Crippen molar-refractivity contribution in [2.45, 2.75) is 45.3 Å². The number of aliphatic hydroxyl groups is 1. The van der Waals surface area contributed by atoms with E-state index in [0.29, 0.717) is 18.8 Å². The molecule has 4 heteroatoms. The van der Waals surface area contributed by atoms with E-state index in [9.17, 15) is 9.90 Å². The lowest BCUT2D eigenvalue weighted by atomic mass is 9.98. The van der Waals surface area contributed by atoms with Crippen LogP contribution in [0.3, 0.4) is 0 Å². The van der Waals surface area contributed by atoms with Gasteiger partial charge in [0.25, 0.3) is 0 Å². The molecule has 0 saturated heterocycles. The summed E-state index contributed by atoms with van der Waals surface area (Å²) in [6.45, 7) is 5.16. The first-order valence-corrected chi connectivity index (χ1v) is 7.57. The lowest BCUT2D eigenvalue weighted by Gasteiger charge is -2.25. The number of hydrogen-bond acceptors (Lipinski definition) is 4. The van der Waals surface area contributed by atoms with Crippen molar-refractivity contribution in [2.75, 3.05) is 13.7 Å². The van der Waals surface area contributed by atoms with Crippen LogP contribution in [0.4, 0.5) is 0 Å². The van der Waals surface area contributed by atoms with Gasteiger partial charge in [-0.1, -0.05) is 44.2 Å². The maximum atomic E-state index is 11.3.